The van der Waals surface area contributed by atoms with E-state index in [0.717, 1.165) is 23.4 Å². The molecule has 1 aliphatic rings. The quantitative estimate of drug-likeness (QED) is 0.574. The highest BCUT2D eigenvalue weighted by Crippen LogP contribution is 2.31. The van der Waals surface area contributed by atoms with Crippen LogP contribution in [0, 0.1) is 22.7 Å². The molecule has 2 amide bonds. The van der Waals surface area contributed by atoms with Gasteiger partial charge in [0.1, 0.15) is 17.8 Å². The fourth-order valence-electron chi connectivity index (χ4n) is 3.64. The molecule has 0 aliphatic carbocycles. The summed E-state index contributed by atoms with van der Waals surface area (Å²) in [6, 6.07) is 11.0. The summed E-state index contributed by atoms with van der Waals surface area (Å²) in [7, 11) is 0. The number of nitrogens with zero attached hydrogens (tertiary/aromatic N) is 5. The predicted molar refractivity (Wildman–Crippen MR) is 122 cm³/mol. The number of nitrogens with one attached hydrogen (secondary N) is 2. The lowest BCUT2D eigenvalue weighted by molar-refractivity contribution is -0.131. The number of aromatic nitrogens is 3. The van der Waals surface area contributed by atoms with Gasteiger partial charge in [0.15, 0.2) is 11.4 Å². The van der Waals surface area contributed by atoms with Crippen LogP contribution in [0.5, 0.6) is 0 Å². The highest BCUT2D eigenvalue weighted by atomic mass is 35.5. The lowest BCUT2D eigenvalue weighted by Gasteiger charge is -2.31. The molecule has 0 spiro atoms. The number of amides is 2. The Labute approximate surface area is 198 Å². The molecule has 2 N–H and O–H groups in total. The number of nitriles is 2. The van der Waals surface area contributed by atoms with Crippen molar-refractivity contribution in [2.45, 2.75) is 25.2 Å². The molecule has 1 aliphatic heterocycles. The summed E-state index contributed by atoms with van der Waals surface area (Å²) >= 11 is 7.57. The Morgan fingerprint density at radius 1 is 1.21 bits per heavy atom. The average molecular weight is 480 g/mol. The van der Waals surface area contributed by atoms with Crippen LogP contribution in [0.4, 0.5) is 5.95 Å². The third-order valence-electron chi connectivity index (χ3n) is 5.40. The molecule has 0 atom stereocenters. The Morgan fingerprint density at radius 3 is 2.64 bits per heavy atom. The van der Waals surface area contributed by atoms with Crippen LogP contribution in [-0.2, 0) is 11.2 Å². The highest BCUT2D eigenvalue weighted by molar-refractivity contribution is 7.10. The van der Waals surface area contributed by atoms with Crippen molar-refractivity contribution in [1.82, 2.24) is 19.9 Å². The molecule has 3 heterocycles. The van der Waals surface area contributed by atoms with Gasteiger partial charge in [-0.05, 0) is 24.5 Å². The number of hydrogen-bond acceptors (Lipinski definition) is 7. The largest absolute Gasteiger partial charge is 0.342 e. The summed E-state index contributed by atoms with van der Waals surface area (Å²) in [5.41, 5.74) is 0.966. The molecule has 0 unspecified atom stereocenters. The molecule has 2 aromatic heterocycles. The van der Waals surface area contributed by atoms with Gasteiger partial charge in [0.2, 0.25) is 11.9 Å². The van der Waals surface area contributed by atoms with Gasteiger partial charge in [-0.15, -0.1) is 11.3 Å². The summed E-state index contributed by atoms with van der Waals surface area (Å²) in [6.45, 7) is 1.24. The minimum atomic E-state index is -0.479. The maximum absolute atomic E-state index is 12.7. The maximum Gasteiger partial charge on any atom is 0.277 e. The van der Waals surface area contributed by atoms with Crippen molar-refractivity contribution in [1.29, 1.82) is 10.5 Å². The van der Waals surface area contributed by atoms with Crippen molar-refractivity contribution >= 4 is 40.7 Å². The van der Waals surface area contributed by atoms with Gasteiger partial charge < -0.3 is 9.88 Å². The Balaban J connectivity index is 1.33. The Kier molecular flexibility index (Phi) is 6.68. The van der Waals surface area contributed by atoms with Gasteiger partial charge in [-0.1, -0.05) is 29.8 Å². The summed E-state index contributed by atoms with van der Waals surface area (Å²) in [5, 5.41) is 23.6. The third kappa shape index (κ3) is 5.03. The topological polar surface area (TPSA) is 139 Å². The second-order valence-electron chi connectivity index (χ2n) is 7.48. The molecule has 0 saturated carbocycles. The van der Waals surface area contributed by atoms with Gasteiger partial charge >= 0.3 is 0 Å². The van der Waals surface area contributed by atoms with E-state index in [1.165, 1.54) is 11.3 Å². The zero-order valence-corrected chi connectivity index (χ0v) is 18.9. The molecule has 0 bridgehead atoms. The van der Waals surface area contributed by atoms with Gasteiger partial charge in [0.05, 0.1) is 11.4 Å². The monoisotopic (exact) mass is 479 g/mol. The highest BCUT2D eigenvalue weighted by Gasteiger charge is 2.27. The number of imidazole rings is 1. The molecular formula is C22H18ClN7O2S. The van der Waals surface area contributed by atoms with Gasteiger partial charge in [0.25, 0.3) is 5.91 Å². The summed E-state index contributed by atoms with van der Waals surface area (Å²) in [5.74, 6) is -0.242. The first-order valence-electron chi connectivity index (χ1n) is 10.2. The van der Waals surface area contributed by atoms with Crippen molar-refractivity contribution < 1.29 is 9.59 Å². The minimum Gasteiger partial charge on any atom is -0.342 e. The molecule has 1 fully saturated rings. The number of thiazole rings is 1. The van der Waals surface area contributed by atoms with Crippen LogP contribution in [0.25, 0.3) is 0 Å². The first-order valence-corrected chi connectivity index (χ1v) is 11.4. The number of carbonyl (C=O) groups excluding carboxylic acids is 2. The molecule has 9 nitrogen and oxygen atoms in total. The number of rotatable bonds is 5. The fourth-order valence-corrected chi connectivity index (χ4v) is 4.81. The second-order valence-corrected chi connectivity index (χ2v) is 8.78. The predicted octanol–water partition coefficient (Wildman–Crippen LogP) is 3.46. The average Bonchev–Trinajstić information content (AvgIpc) is 3.48. The molecular weight excluding hydrogens is 462 g/mol. The number of H-pyrrole nitrogens is 1. The molecule has 166 valence electrons. The molecule has 1 saturated heterocycles. The number of benzene rings is 1. The third-order valence-corrected chi connectivity index (χ3v) is 6.78. The van der Waals surface area contributed by atoms with Crippen LogP contribution < -0.4 is 5.32 Å². The van der Waals surface area contributed by atoms with E-state index in [9.17, 15) is 9.59 Å². The zero-order chi connectivity index (χ0) is 23.4. The number of carbonyl (C=O) groups is 2. The van der Waals surface area contributed by atoms with E-state index in [1.807, 2.05) is 29.2 Å². The van der Waals surface area contributed by atoms with Crippen molar-refractivity contribution in [3.63, 3.8) is 0 Å². The first kappa shape index (κ1) is 22.5. The van der Waals surface area contributed by atoms with Crippen molar-refractivity contribution in [3.05, 3.63) is 62.3 Å². The standard InChI is InChI=1S/C22H18ClN7O2S/c23-15-4-2-1-3-14(15)9-19(31)30-7-5-13(6-8-30)21-26-18(12-33-21)20(32)29-22-27-16(10-24)17(11-25)28-22/h1-4,12-13H,5-9H2,(H2,27,28,29,32). The smallest absolute Gasteiger partial charge is 0.277 e. The Morgan fingerprint density at radius 2 is 1.97 bits per heavy atom. The van der Waals surface area contributed by atoms with Crippen molar-refractivity contribution in [2.24, 2.45) is 0 Å². The summed E-state index contributed by atoms with van der Waals surface area (Å²) < 4.78 is 0. The van der Waals surface area contributed by atoms with Crippen LogP contribution in [0.15, 0.2) is 29.6 Å². The van der Waals surface area contributed by atoms with E-state index in [-0.39, 0.29) is 41.3 Å². The molecule has 4 rings (SSSR count). The number of anilines is 1. The minimum absolute atomic E-state index is 0.0115. The van der Waals surface area contributed by atoms with Crippen LogP contribution in [0.3, 0.4) is 0 Å². The summed E-state index contributed by atoms with van der Waals surface area (Å²) in [4.78, 5) is 37.9. The molecule has 11 heteroatoms. The zero-order valence-electron chi connectivity index (χ0n) is 17.3. The van der Waals surface area contributed by atoms with Crippen molar-refractivity contribution in [3.8, 4) is 12.1 Å². The van der Waals surface area contributed by atoms with E-state index >= 15 is 0 Å². The summed E-state index contributed by atoms with van der Waals surface area (Å²) in [6.07, 6.45) is 1.80. The number of likely N-dealkylation sites (tertiary alicyclic amines) is 1. The molecule has 33 heavy (non-hydrogen) atoms. The molecule has 3 aromatic rings. The van der Waals surface area contributed by atoms with E-state index < -0.39 is 5.91 Å². The van der Waals surface area contributed by atoms with Gasteiger partial charge in [-0.3, -0.25) is 14.9 Å². The maximum atomic E-state index is 12.7. The lowest BCUT2D eigenvalue weighted by Crippen LogP contribution is -2.38. The SMILES string of the molecule is N#Cc1nc(NC(=O)c2csc(C3CCN(C(=O)Cc4ccccc4Cl)CC3)n2)[nH]c1C#N. The van der Waals surface area contributed by atoms with E-state index in [4.69, 9.17) is 22.1 Å². The fraction of sp³-hybridized carbons (Fsp3) is 0.273. The Hall–Kier alpha value is -3.73. The van der Waals surface area contributed by atoms with Crippen LogP contribution in [0.2, 0.25) is 5.02 Å². The molecule has 1 aromatic carbocycles. The van der Waals surface area contributed by atoms with Gasteiger partial charge in [-0.2, -0.15) is 10.5 Å². The second kappa shape index (κ2) is 9.82. The number of aromatic amines is 1. The molecule has 0 radical (unpaired) electrons. The van der Waals surface area contributed by atoms with Crippen molar-refractivity contribution in [2.75, 3.05) is 18.4 Å². The first-order chi connectivity index (χ1) is 16.0. The Bertz CT molecular complexity index is 1250. The van der Waals surface area contributed by atoms with Crippen LogP contribution >= 0.6 is 22.9 Å². The van der Waals surface area contributed by atoms with Gasteiger partial charge in [-0.25, -0.2) is 9.97 Å². The number of piperidine rings is 1. The van der Waals surface area contributed by atoms with Crippen LogP contribution in [-0.4, -0.2) is 44.8 Å². The van der Waals surface area contributed by atoms with E-state index in [0.29, 0.717) is 18.1 Å². The number of hydrogen-bond donors (Lipinski definition) is 2. The van der Waals surface area contributed by atoms with Gasteiger partial charge in [0, 0.05) is 29.4 Å². The van der Waals surface area contributed by atoms with E-state index in [2.05, 4.69) is 20.3 Å². The normalized spacial score (nSPS) is 13.8. The number of halogens is 1. The lowest BCUT2D eigenvalue weighted by atomic mass is 9.97. The van der Waals surface area contributed by atoms with Crippen LogP contribution in [0.1, 0.15) is 51.2 Å². The van der Waals surface area contributed by atoms with E-state index in [1.54, 1.807) is 17.5 Å².